The van der Waals surface area contributed by atoms with Crippen molar-refractivity contribution in [3.05, 3.63) is 65.9 Å². The van der Waals surface area contributed by atoms with Gasteiger partial charge in [0.2, 0.25) is 11.8 Å². The van der Waals surface area contributed by atoms with Crippen molar-refractivity contribution in [3.8, 4) is 17.7 Å². The van der Waals surface area contributed by atoms with E-state index in [4.69, 9.17) is 19.7 Å². The van der Waals surface area contributed by atoms with Crippen LogP contribution in [0.5, 0.6) is 11.6 Å². The molecule has 1 aromatic heterocycles. The van der Waals surface area contributed by atoms with Gasteiger partial charge < -0.3 is 19.7 Å². The summed E-state index contributed by atoms with van der Waals surface area (Å²) < 4.78 is 11.5. The van der Waals surface area contributed by atoms with Crippen LogP contribution in [0.3, 0.4) is 0 Å². The highest BCUT2D eigenvalue weighted by Gasteiger charge is 2.22. The second-order valence-corrected chi connectivity index (χ2v) is 8.58. The van der Waals surface area contributed by atoms with E-state index in [-0.39, 0.29) is 0 Å². The molecule has 1 saturated heterocycles. The zero-order valence-corrected chi connectivity index (χ0v) is 18.9. The van der Waals surface area contributed by atoms with Crippen LogP contribution in [0.15, 0.2) is 64.5 Å². The Bertz CT molecular complexity index is 1100. The van der Waals surface area contributed by atoms with Gasteiger partial charge in [-0.15, -0.1) is 0 Å². The number of piperazine rings is 1. The molecule has 4 rings (SSSR count). The third-order valence-electron chi connectivity index (χ3n) is 5.19. The van der Waals surface area contributed by atoms with Crippen LogP contribution >= 0.6 is 11.8 Å². The lowest BCUT2D eigenvalue weighted by atomic mass is 10.2. The number of rotatable bonds is 7. The van der Waals surface area contributed by atoms with Crippen molar-refractivity contribution < 1.29 is 9.47 Å². The summed E-state index contributed by atoms with van der Waals surface area (Å²) in [5.74, 6) is 2.00. The molecule has 32 heavy (non-hydrogen) atoms. The highest BCUT2D eigenvalue weighted by molar-refractivity contribution is 7.99. The van der Waals surface area contributed by atoms with Crippen molar-refractivity contribution in [1.29, 1.82) is 5.26 Å². The summed E-state index contributed by atoms with van der Waals surface area (Å²) in [7, 11) is 1.65. The second-order valence-electron chi connectivity index (χ2n) is 7.46. The summed E-state index contributed by atoms with van der Waals surface area (Å²) in [5, 5.41) is 12.4. The van der Waals surface area contributed by atoms with Gasteiger partial charge in [-0.25, -0.2) is 4.98 Å². The normalized spacial score (nSPS) is 15.8. The zero-order valence-electron chi connectivity index (χ0n) is 18.1. The topological polar surface area (TPSA) is 83.3 Å². The van der Waals surface area contributed by atoms with Gasteiger partial charge in [0.15, 0.2) is 0 Å². The minimum Gasteiger partial charge on any atom is -0.497 e. The first-order valence-electron chi connectivity index (χ1n) is 10.4. The molecule has 1 N–H and O–H groups in total. The van der Waals surface area contributed by atoms with E-state index in [1.807, 2.05) is 42.6 Å². The van der Waals surface area contributed by atoms with Gasteiger partial charge in [0, 0.05) is 30.6 Å². The predicted octanol–water partition coefficient (Wildman–Crippen LogP) is 3.89. The lowest BCUT2D eigenvalue weighted by Crippen LogP contribution is -2.50. The fraction of sp³-hybridized carbons (Fsp3) is 0.292. The molecule has 3 aromatic rings. The van der Waals surface area contributed by atoms with E-state index in [1.165, 1.54) is 11.8 Å². The SMILES string of the molecule is COc1cccc(COc2nc(N3CCNCC3C)ncc2Sc2ccc(C#N)cc2)c1. The molecule has 164 valence electrons. The van der Waals surface area contributed by atoms with Gasteiger partial charge in [0.25, 0.3) is 0 Å². The van der Waals surface area contributed by atoms with E-state index >= 15 is 0 Å². The van der Waals surface area contributed by atoms with Gasteiger partial charge >= 0.3 is 0 Å². The van der Waals surface area contributed by atoms with E-state index in [0.717, 1.165) is 40.7 Å². The van der Waals surface area contributed by atoms with Gasteiger partial charge in [-0.3, -0.25) is 0 Å². The molecule has 0 bridgehead atoms. The molecular weight excluding hydrogens is 422 g/mol. The van der Waals surface area contributed by atoms with Crippen molar-refractivity contribution in [3.63, 3.8) is 0 Å². The van der Waals surface area contributed by atoms with Crippen LogP contribution in [0, 0.1) is 11.3 Å². The molecule has 0 saturated carbocycles. The van der Waals surface area contributed by atoms with E-state index in [1.54, 1.807) is 19.2 Å². The minimum atomic E-state index is 0.298. The molecule has 1 atom stereocenters. The summed E-state index contributed by atoms with van der Waals surface area (Å²) in [6.07, 6.45) is 1.82. The predicted molar refractivity (Wildman–Crippen MR) is 124 cm³/mol. The molecule has 2 aromatic carbocycles. The average Bonchev–Trinajstić information content (AvgIpc) is 2.84. The number of benzene rings is 2. The summed E-state index contributed by atoms with van der Waals surface area (Å²) in [4.78, 5) is 13.4. The van der Waals surface area contributed by atoms with Crippen LogP contribution in [0.1, 0.15) is 18.1 Å². The number of anilines is 1. The van der Waals surface area contributed by atoms with Crippen LogP contribution in [0.25, 0.3) is 0 Å². The van der Waals surface area contributed by atoms with Crippen molar-refractivity contribution in [2.45, 2.75) is 29.4 Å². The number of nitrogens with one attached hydrogen (secondary N) is 1. The Kier molecular flexibility index (Phi) is 7.10. The first kappa shape index (κ1) is 21.9. The Labute approximate surface area is 192 Å². The third-order valence-corrected chi connectivity index (χ3v) is 6.20. The molecule has 7 nitrogen and oxygen atoms in total. The Morgan fingerprint density at radius 2 is 2.09 bits per heavy atom. The molecule has 1 aliphatic rings. The molecule has 0 aliphatic carbocycles. The first-order valence-corrected chi connectivity index (χ1v) is 11.3. The highest BCUT2D eigenvalue weighted by Crippen LogP contribution is 2.35. The average molecular weight is 448 g/mol. The Morgan fingerprint density at radius 1 is 1.25 bits per heavy atom. The largest absolute Gasteiger partial charge is 0.497 e. The maximum Gasteiger partial charge on any atom is 0.232 e. The first-order chi connectivity index (χ1) is 15.7. The van der Waals surface area contributed by atoms with Gasteiger partial charge in [-0.1, -0.05) is 23.9 Å². The van der Waals surface area contributed by atoms with Crippen molar-refractivity contribution >= 4 is 17.7 Å². The standard InChI is InChI=1S/C24H25N5O2S/c1-17-14-26-10-11-29(17)24-27-15-22(32-21-8-6-18(13-25)7-9-21)23(28-24)31-16-19-4-3-5-20(12-19)30-2/h3-9,12,15,17,26H,10-11,14,16H2,1-2H3. The number of nitriles is 1. The summed E-state index contributed by atoms with van der Waals surface area (Å²) in [6, 6.07) is 17.7. The van der Waals surface area contributed by atoms with Gasteiger partial charge in [-0.2, -0.15) is 10.2 Å². The summed E-state index contributed by atoms with van der Waals surface area (Å²) in [5.41, 5.74) is 1.62. The van der Waals surface area contributed by atoms with E-state index < -0.39 is 0 Å². The van der Waals surface area contributed by atoms with Gasteiger partial charge in [0.05, 0.1) is 29.8 Å². The molecule has 0 spiro atoms. The fourth-order valence-corrected chi connectivity index (χ4v) is 4.26. The molecule has 0 amide bonds. The highest BCUT2D eigenvalue weighted by atomic mass is 32.2. The molecule has 1 aliphatic heterocycles. The molecule has 0 radical (unpaired) electrons. The zero-order chi connectivity index (χ0) is 22.3. The lowest BCUT2D eigenvalue weighted by molar-refractivity contribution is 0.284. The van der Waals surface area contributed by atoms with Crippen LogP contribution in [0.2, 0.25) is 0 Å². The van der Waals surface area contributed by atoms with E-state index in [9.17, 15) is 0 Å². The maximum absolute atomic E-state index is 9.04. The number of hydrogen-bond donors (Lipinski definition) is 1. The van der Waals surface area contributed by atoms with Gasteiger partial charge in [-0.05, 0) is 48.9 Å². The number of aromatic nitrogens is 2. The molecule has 1 unspecified atom stereocenters. The van der Waals surface area contributed by atoms with Crippen LogP contribution in [0.4, 0.5) is 5.95 Å². The lowest BCUT2D eigenvalue weighted by Gasteiger charge is -2.34. The summed E-state index contributed by atoms with van der Waals surface area (Å²) in [6.45, 7) is 5.16. The Balaban J connectivity index is 1.60. The van der Waals surface area contributed by atoms with Crippen LogP contribution < -0.4 is 19.7 Å². The van der Waals surface area contributed by atoms with Crippen LogP contribution in [-0.4, -0.2) is 42.8 Å². The minimum absolute atomic E-state index is 0.298. The molecule has 8 heteroatoms. The maximum atomic E-state index is 9.04. The van der Waals surface area contributed by atoms with E-state index in [2.05, 4.69) is 28.2 Å². The molecule has 1 fully saturated rings. The number of hydrogen-bond acceptors (Lipinski definition) is 8. The van der Waals surface area contributed by atoms with Crippen molar-refractivity contribution in [2.75, 3.05) is 31.6 Å². The van der Waals surface area contributed by atoms with E-state index in [0.29, 0.717) is 30.0 Å². The van der Waals surface area contributed by atoms with Gasteiger partial charge in [0.1, 0.15) is 12.4 Å². The fourth-order valence-electron chi connectivity index (χ4n) is 3.43. The molecule has 2 heterocycles. The number of nitrogens with zero attached hydrogens (tertiary/aromatic N) is 4. The van der Waals surface area contributed by atoms with Crippen molar-refractivity contribution in [1.82, 2.24) is 15.3 Å². The monoisotopic (exact) mass is 447 g/mol. The quantitative estimate of drug-likeness (QED) is 0.584. The summed E-state index contributed by atoms with van der Waals surface area (Å²) >= 11 is 1.52. The smallest absolute Gasteiger partial charge is 0.232 e. The Morgan fingerprint density at radius 3 is 2.84 bits per heavy atom. The third kappa shape index (κ3) is 5.31. The number of methoxy groups -OCH3 is 1. The van der Waals surface area contributed by atoms with Crippen LogP contribution in [-0.2, 0) is 6.61 Å². The molecular formula is C24H25N5O2S. The van der Waals surface area contributed by atoms with Crippen molar-refractivity contribution in [2.24, 2.45) is 0 Å². The second kappa shape index (κ2) is 10.4. The Hall–Kier alpha value is -3.28. The number of ether oxygens (including phenoxy) is 2.